The van der Waals surface area contributed by atoms with Gasteiger partial charge in [0.15, 0.2) is 0 Å². The van der Waals surface area contributed by atoms with Crippen LogP contribution in [0.1, 0.15) is 90.9 Å². The van der Waals surface area contributed by atoms with E-state index in [0.717, 1.165) is 0 Å². The Morgan fingerprint density at radius 3 is 1.25 bits per heavy atom. The summed E-state index contributed by atoms with van der Waals surface area (Å²) >= 11 is 0. The van der Waals surface area contributed by atoms with Crippen LogP contribution < -0.4 is 0 Å². The maximum absolute atomic E-state index is 2.35. The molecule has 0 spiro atoms. The Morgan fingerprint density at radius 1 is 0.550 bits per heavy atom. The molecule has 0 aromatic carbocycles. The SMILES string of the molecule is CCCCCCCCCCCCCC[N+](C)(C)CC.[BH4-]. The molecule has 0 radical (unpaired) electrons. The summed E-state index contributed by atoms with van der Waals surface area (Å²) in [5.74, 6) is 0. The molecule has 0 rings (SSSR count). The molecule has 0 fully saturated rings. The van der Waals surface area contributed by atoms with Gasteiger partial charge < -0.3 is 4.48 Å². The summed E-state index contributed by atoms with van der Waals surface area (Å²) in [5.41, 5.74) is 0. The summed E-state index contributed by atoms with van der Waals surface area (Å²) in [7, 11) is 4.69. The Morgan fingerprint density at radius 2 is 0.900 bits per heavy atom. The molecule has 0 aromatic heterocycles. The van der Waals surface area contributed by atoms with Gasteiger partial charge in [0, 0.05) is 0 Å². The van der Waals surface area contributed by atoms with Gasteiger partial charge in [-0.05, 0) is 19.8 Å². The highest BCUT2D eigenvalue weighted by Gasteiger charge is 2.09. The normalized spacial score (nSPS) is 11.4. The van der Waals surface area contributed by atoms with Crippen LogP contribution in [0.5, 0.6) is 0 Å². The van der Waals surface area contributed by atoms with Crippen molar-refractivity contribution in [2.75, 3.05) is 27.2 Å². The molecule has 0 atom stereocenters. The highest BCUT2D eigenvalue weighted by Crippen LogP contribution is 2.12. The highest BCUT2D eigenvalue weighted by molar-refractivity contribution is 5.75. The molecule has 0 heterocycles. The predicted octanol–water partition coefficient (Wildman–Crippen LogP) is 4.33. The summed E-state index contributed by atoms with van der Waals surface area (Å²) < 4.78 is 1.19. The Balaban J connectivity index is 0. The molecule has 0 saturated carbocycles. The minimum atomic E-state index is 0. The first kappa shape index (κ1) is 22.3. The van der Waals surface area contributed by atoms with Crippen LogP contribution in [0.2, 0.25) is 0 Å². The van der Waals surface area contributed by atoms with Gasteiger partial charge in [0.1, 0.15) is 0 Å². The minimum Gasteiger partial charge on any atom is -0.329 e. The van der Waals surface area contributed by atoms with Gasteiger partial charge >= 0.3 is 0 Å². The molecular weight excluding hydrogens is 241 g/mol. The van der Waals surface area contributed by atoms with Crippen molar-refractivity contribution in [2.24, 2.45) is 0 Å². The first-order valence-corrected chi connectivity index (χ1v) is 8.94. The molecule has 0 bridgehead atoms. The quantitative estimate of drug-likeness (QED) is 0.253. The fourth-order valence-electron chi connectivity index (χ4n) is 2.54. The monoisotopic (exact) mass is 285 g/mol. The van der Waals surface area contributed by atoms with Gasteiger partial charge in [-0.3, -0.25) is 0 Å². The van der Waals surface area contributed by atoms with Gasteiger partial charge in [-0.1, -0.05) is 79.5 Å². The lowest BCUT2D eigenvalue weighted by Crippen LogP contribution is -2.39. The fraction of sp³-hybridized carbons (Fsp3) is 1.00. The Hall–Kier alpha value is 0.0249. The van der Waals surface area contributed by atoms with Crippen molar-refractivity contribution in [3.05, 3.63) is 0 Å². The maximum Gasteiger partial charge on any atom is 0.0782 e. The Kier molecular flexibility index (Phi) is 17.2. The summed E-state index contributed by atoms with van der Waals surface area (Å²) in [6, 6.07) is 0. The summed E-state index contributed by atoms with van der Waals surface area (Å²) in [6.45, 7) is 7.20. The van der Waals surface area contributed by atoms with E-state index in [1.165, 1.54) is 94.6 Å². The molecule has 0 saturated heterocycles. The van der Waals surface area contributed by atoms with E-state index in [-0.39, 0.29) is 8.41 Å². The zero-order valence-corrected chi connectivity index (χ0v) is 14.3. The van der Waals surface area contributed by atoms with Crippen LogP contribution in [-0.4, -0.2) is 40.1 Å². The molecule has 0 unspecified atom stereocenters. The van der Waals surface area contributed by atoms with E-state index in [9.17, 15) is 0 Å². The number of quaternary nitrogens is 1. The molecule has 0 aliphatic rings. The van der Waals surface area contributed by atoms with Gasteiger partial charge in [0.05, 0.1) is 27.2 Å². The second-order valence-corrected chi connectivity index (χ2v) is 6.86. The van der Waals surface area contributed by atoms with Crippen molar-refractivity contribution < 1.29 is 4.48 Å². The zero-order valence-electron chi connectivity index (χ0n) is 14.3. The topological polar surface area (TPSA) is 0 Å². The first-order valence-electron chi connectivity index (χ1n) is 8.94. The number of nitrogens with zero attached hydrogens (tertiary/aromatic N) is 1. The third-order valence-electron chi connectivity index (χ3n) is 4.47. The van der Waals surface area contributed by atoms with Crippen molar-refractivity contribution in [2.45, 2.75) is 90.9 Å². The second kappa shape index (κ2) is 15.4. The lowest BCUT2D eigenvalue weighted by atomic mass is 10.1. The number of hydrogen-bond acceptors (Lipinski definition) is 0. The van der Waals surface area contributed by atoms with E-state index in [2.05, 4.69) is 27.9 Å². The zero-order chi connectivity index (χ0) is 14.4. The first-order chi connectivity index (χ1) is 9.12. The van der Waals surface area contributed by atoms with Crippen molar-refractivity contribution in [1.82, 2.24) is 0 Å². The number of hydrogen-bond donors (Lipinski definition) is 0. The van der Waals surface area contributed by atoms with Crippen LogP contribution in [0, 0.1) is 0 Å². The molecule has 124 valence electrons. The lowest BCUT2D eigenvalue weighted by molar-refractivity contribution is -0.888. The molecule has 0 aliphatic carbocycles. The largest absolute Gasteiger partial charge is 0.329 e. The van der Waals surface area contributed by atoms with E-state index in [1.807, 2.05) is 0 Å². The molecular formula is C18H44BN. The van der Waals surface area contributed by atoms with Crippen LogP contribution in [0.3, 0.4) is 0 Å². The molecule has 0 aliphatic heterocycles. The van der Waals surface area contributed by atoms with Crippen LogP contribution in [0.25, 0.3) is 0 Å². The second-order valence-electron chi connectivity index (χ2n) is 6.86. The van der Waals surface area contributed by atoms with E-state index >= 15 is 0 Å². The van der Waals surface area contributed by atoms with Crippen molar-refractivity contribution in [3.8, 4) is 0 Å². The Bertz CT molecular complexity index is 180. The molecule has 0 N–H and O–H groups in total. The third-order valence-corrected chi connectivity index (χ3v) is 4.47. The van der Waals surface area contributed by atoms with Gasteiger partial charge in [0.25, 0.3) is 0 Å². The van der Waals surface area contributed by atoms with E-state index in [4.69, 9.17) is 0 Å². The third kappa shape index (κ3) is 16.1. The number of rotatable bonds is 14. The van der Waals surface area contributed by atoms with Gasteiger partial charge in [-0.2, -0.15) is 0 Å². The van der Waals surface area contributed by atoms with Gasteiger partial charge in [-0.25, -0.2) is 0 Å². The van der Waals surface area contributed by atoms with Crippen molar-refractivity contribution in [1.29, 1.82) is 0 Å². The van der Waals surface area contributed by atoms with Crippen LogP contribution in [0.15, 0.2) is 0 Å². The highest BCUT2D eigenvalue weighted by atomic mass is 15.3. The van der Waals surface area contributed by atoms with Crippen LogP contribution in [-0.2, 0) is 0 Å². The van der Waals surface area contributed by atoms with Gasteiger partial charge in [0.2, 0.25) is 0 Å². The standard InChI is InChI=1S/C18H40N.BH4/c1-5-7-8-9-10-11-12-13-14-15-16-17-18-19(3,4)6-2;/h5-18H2,1-4H3;1H4/q+1;-1. The molecule has 0 amide bonds. The molecule has 0 aromatic rings. The Labute approximate surface area is 131 Å². The van der Waals surface area contributed by atoms with Crippen LogP contribution in [0.4, 0.5) is 0 Å². The van der Waals surface area contributed by atoms with E-state index in [1.54, 1.807) is 0 Å². The maximum atomic E-state index is 2.35. The van der Waals surface area contributed by atoms with Gasteiger partial charge in [-0.15, -0.1) is 0 Å². The lowest BCUT2D eigenvalue weighted by Gasteiger charge is -2.28. The average Bonchev–Trinajstić information content (AvgIpc) is 2.40. The van der Waals surface area contributed by atoms with Crippen LogP contribution >= 0.6 is 0 Å². The summed E-state index contributed by atoms with van der Waals surface area (Å²) in [5, 5.41) is 0. The molecule has 1 nitrogen and oxygen atoms in total. The van der Waals surface area contributed by atoms with Crippen molar-refractivity contribution >= 4 is 8.41 Å². The summed E-state index contributed by atoms with van der Waals surface area (Å²) in [4.78, 5) is 0. The fourth-order valence-corrected chi connectivity index (χ4v) is 2.54. The van der Waals surface area contributed by atoms with E-state index < -0.39 is 0 Å². The summed E-state index contributed by atoms with van der Waals surface area (Å²) in [6.07, 6.45) is 17.4. The van der Waals surface area contributed by atoms with Crippen molar-refractivity contribution in [3.63, 3.8) is 0 Å². The average molecular weight is 285 g/mol. The molecule has 20 heavy (non-hydrogen) atoms. The number of unbranched alkanes of at least 4 members (excludes halogenated alkanes) is 11. The molecule has 2 heteroatoms. The smallest absolute Gasteiger partial charge is 0.0782 e. The van der Waals surface area contributed by atoms with E-state index in [0.29, 0.717) is 0 Å². The predicted molar refractivity (Wildman–Crippen MR) is 99.9 cm³/mol. The minimum absolute atomic E-state index is 0.